The smallest absolute Gasteiger partial charge is 0.187 e. The van der Waals surface area contributed by atoms with Crippen LogP contribution in [0.1, 0.15) is 0 Å². The molecule has 9 atom stereocenters. The van der Waals surface area contributed by atoms with Gasteiger partial charge < -0.3 is 50.0 Å². The van der Waals surface area contributed by atoms with Gasteiger partial charge in [-0.2, -0.15) is 0 Å². The molecule has 2 saturated heterocycles. The lowest BCUT2D eigenvalue weighted by atomic mass is 9.97. The third-order valence-electron chi connectivity index (χ3n) is 3.90. The minimum absolute atomic E-state index is 0.204. The van der Waals surface area contributed by atoms with E-state index in [0.29, 0.717) is 0 Å². The number of ether oxygens (including phenoxy) is 3. The molecule has 0 saturated carbocycles. The quantitative estimate of drug-likeness (QED) is 0.266. The molecule has 130 valence electrons. The molecule has 0 amide bonds. The summed E-state index contributed by atoms with van der Waals surface area (Å²) >= 11 is 0. The maximum Gasteiger partial charge on any atom is 0.187 e. The van der Waals surface area contributed by atoms with E-state index in [4.69, 9.17) is 24.4 Å². The summed E-state index contributed by atoms with van der Waals surface area (Å²) in [6.45, 7) is -1.32. The Bertz CT molecular complexity index is 353. The third kappa shape index (κ3) is 3.41. The van der Waals surface area contributed by atoms with Crippen LogP contribution in [0.4, 0.5) is 0 Å². The average Bonchev–Trinajstić information content (AvgIpc) is 2.51. The molecule has 2 aliphatic heterocycles. The number of aliphatic hydroxyl groups is 7. The van der Waals surface area contributed by atoms with Crippen molar-refractivity contribution in [2.45, 2.75) is 55.1 Å². The van der Waals surface area contributed by atoms with E-state index in [1.54, 1.807) is 0 Å². The lowest BCUT2D eigenvalue weighted by molar-refractivity contribution is -0.335. The standard InChI is InChI=1S/C12H22O10/c13-1-5-8(17)11(4(15)3-20-5)22-12-10(19)9(18)7(16)6(2-14)21-12/h4-19H,1-3H2. The van der Waals surface area contributed by atoms with Gasteiger partial charge in [-0.3, -0.25) is 0 Å². The molecule has 2 rings (SSSR count). The van der Waals surface area contributed by atoms with Crippen LogP contribution in [0.5, 0.6) is 0 Å². The van der Waals surface area contributed by atoms with Gasteiger partial charge in [0.2, 0.25) is 0 Å². The molecule has 0 aromatic carbocycles. The second kappa shape index (κ2) is 7.45. The van der Waals surface area contributed by atoms with Crippen molar-refractivity contribution in [1.29, 1.82) is 0 Å². The zero-order valence-corrected chi connectivity index (χ0v) is 11.7. The van der Waals surface area contributed by atoms with Crippen molar-refractivity contribution in [3.05, 3.63) is 0 Å². The molecule has 2 heterocycles. The molecule has 10 heteroatoms. The minimum atomic E-state index is -1.65. The van der Waals surface area contributed by atoms with Crippen molar-refractivity contribution in [2.24, 2.45) is 0 Å². The van der Waals surface area contributed by atoms with Gasteiger partial charge in [-0.1, -0.05) is 0 Å². The Kier molecular flexibility index (Phi) is 6.07. The van der Waals surface area contributed by atoms with Gasteiger partial charge in [0.1, 0.15) is 48.8 Å². The summed E-state index contributed by atoms with van der Waals surface area (Å²) in [6.07, 6.45) is -12.3. The van der Waals surface area contributed by atoms with Crippen LogP contribution in [0.15, 0.2) is 0 Å². The van der Waals surface area contributed by atoms with Crippen molar-refractivity contribution >= 4 is 0 Å². The predicted molar refractivity (Wildman–Crippen MR) is 67.5 cm³/mol. The topological polar surface area (TPSA) is 169 Å². The first-order chi connectivity index (χ1) is 10.4. The van der Waals surface area contributed by atoms with Crippen molar-refractivity contribution in [3.63, 3.8) is 0 Å². The van der Waals surface area contributed by atoms with E-state index in [0.717, 1.165) is 0 Å². The molecule has 0 radical (unpaired) electrons. The Labute approximate surface area is 126 Å². The second-order valence-corrected chi connectivity index (χ2v) is 5.41. The first kappa shape index (κ1) is 17.9. The van der Waals surface area contributed by atoms with Crippen molar-refractivity contribution in [2.75, 3.05) is 19.8 Å². The first-order valence-electron chi connectivity index (χ1n) is 6.95. The maximum atomic E-state index is 9.99. The summed E-state index contributed by atoms with van der Waals surface area (Å²) in [5.41, 5.74) is 0. The Hall–Kier alpha value is -0.400. The normalized spacial score (nSPS) is 50.0. The Morgan fingerprint density at radius 2 is 1.45 bits per heavy atom. The van der Waals surface area contributed by atoms with Crippen LogP contribution < -0.4 is 0 Å². The van der Waals surface area contributed by atoms with E-state index < -0.39 is 68.3 Å². The fraction of sp³-hybridized carbons (Fsp3) is 1.00. The summed E-state index contributed by atoms with van der Waals surface area (Å²) in [7, 11) is 0. The van der Waals surface area contributed by atoms with Crippen LogP contribution in [0.3, 0.4) is 0 Å². The summed E-state index contributed by atoms with van der Waals surface area (Å²) in [5, 5.41) is 67.2. The zero-order valence-electron chi connectivity index (χ0n) is 11.7. The molecule has 7 N–H and O–H groups in total. The molecular formula is C12H22O10. The van der Waals surface area contributed by atoms with Crippen LogP contribution in [0.25, 0.3) is 0 Å². The number of rotatable bonds is 4. The molecule has 0 aromatic heterocycles. The Balaban J connectivity index is 2.07. The second-order valence-electron chi connectivity index (χ2n) is 5.41. The van der Waals surface area contributed by atoms with E-state index in [2.05, 4.69) is 0 Å². The summed E-state index contributed by atoms with van der Waals surface area (Å²) in [6, 6.07) is 0. The molecule has 2 aliphatic rings. The van der Waals surface area contributed by atoms with Gasteiger partial charge in [-0.25, -0.2) is 0 Å². The molecule has 0 aromatic rings. The van der Waals surface area contributed by atoms with E-state index in [1.807, 2.05) is 0 Å². The van der Waals surface area contributed by atoms with Crippen molar-refractivity contribution in [1.82, 2.24) is 0 Å². The molecule has 2 fully saturated rings. The van der Waals surface area contributed by atoms with E-state index in [1.165, 1.54) is 0 Å². The SMILES string of the molecule is OCC1OC(OC2C(O)COC(CO)C2O)C(O)C(O)C1O. The van der Waals surface area contributed by atoms with E-state index >= 15 is 0 Å². The molecule has 9 unspecified atom stereocenters. The van der Waals surface area contributed by atoms with Gasteiger partial charge in [-0.05, 0) is 0 Å². The maximum absolute atomic E-state index is 9.99. The number of aliphatic hydroxyl groups excluding tert-OH is 7. The number of hydrogen-bond acceptors (Lipinski definition) is 10. The van der Waals surface area contributed by atoms with Gasteiger partial charge in [0.25, 0.3) is 0 Å². The highest BCUT2D eigenvalue weighted by Gasteiger charge is 2.48. The highest BCUT2D eigenvalue weighted by Crippen LogP contribution is 2.26. The molecule has 0 spiro atoms. The van der Waals surface area contributed by atoms with Gasteiger partial charge in [0.15, 0.2) is 6.29 Å². The Morgan fingerprint density at radius 3 is 2.05 bits per heavy atom. The first-order valence-corrected chi connectivity index (χ1v) is 6.95. The predicted octanol–water partition coefficient (Wildman–Crippen LogP) is -4.72. The average molecular weight is 326 g/mol. The molecule has 0 aliphatic carbocycles. The fourth-order valence-electron chi connectivity index (χ4n) is 2.52. The van der Waals surface area contributed by atoms with E-state index in [-0.39, 0.29) is 6.61 Å². The Morgan fingerprint density at radius 1 is 0.818 bits per heavy atom. The van der Waals surface area contributed by atoms with Gasteiger partial charge in [0, 0.05) is 0 Å². The summed E-state index contributed by atoms with van der Waals surface area (Å²) < 4.78 is 15.5. The zero-order chi connectivity index (χ0) is 16.4. The van der Waals surface area contributed by atoms with Crippen LogP contribution in [0.2, 0.25) is 0 Å². The van der Waals surface area contributed by atoms with Gasteiger partial charge in [-0.15, -0.1) is 0 Å². The largest absolute Gasteiger partial charge is 0.394 e. The number of hydrogen-bond donors (Lipinski definition) is 7. The highest BCUT2D eigenvalue weighted by molar-refractivity contribution is 4.92. The van der Waals surface area contributed by atoms with Crippen molar-refractivity contribution < 1.29 is 50.0 Å². The third-order valence-corrected chi connectivity index (χ3v) is 3.90. The van der Waals surface area contributed by atoms with Crippen molar-refractivity contribution in [3.8, 4) is 0 Å². The lowest BCUT2D eigenvalue weighted by Gasteiger charge is -2.44. The molecule has 10 nitrogen and oxygen atoms in total. The van der Waals surface area contributed by atoms with Crippen LogP contribution in [-0.2, 0) is 14.2 Å². The molecular weight excluding hydrogens is 304 g/mol. The monoisotopic (exact) mass is 326 g/mol. The highest BCUT2D eigenvalue weighted by atomic mass is 16.7. The summed E-state index contributed by atoms with van der Waals surface area (Å²) in [4.78, 5) is 0. The van der Waals surface area contributed by atoms with Crippen LogP contribution >= 0.6 is 0 Å². The fourth-order valence-corrected chi connectivity index (χ4v) is 2.52. The van der Waals surface area contributed by atoms with E-state index in [9.17, 15) is 25.5 Å². The molecule has 22 heavy (non-hydrogen) atoms. The lowest BCUT2D eigenvalue weighted by Crippen LogP contribution is -2.63. The van der Waals surface area contributed by atoms with Gasteiger partial charge in [0.05, 0.1) is 19.8 Å². The molecule has 0 bridgehead atoms. The van der Waals surface area contributed by atoms with Gasteiger partial charge >= 0.3 is 0 Å². The summed E-state index contributed by atoms with van der Waals surface area (Å²) in [5.74, 6) is 0. The minimum Gasteiger partial charge on any atom is -0.394 e. The van der Waals surface area contributed by atoms with Crippen LogP contribution in [0, 0.1) is 0 Å². The van der Waals surface area contributed by atoms with Crippen LogP contribution in [-0.4, -0.2) is 111 Å².